The molecule has 0 fully saturated rings. The van der Waals surface area contributed by atoms with Gasteiger partial charge in [0.25, 0.3) is 0 Å². The molecule has 0 amide bonds. The Morgan fingerprint density at radius 3 is 1.48 bits per heavy atom. The van der Waals surface area contributed by atoms with E-state index in [0.29, 0.717) is 6.61 Å². The van der Waals surface area contributed by atoms with Gasteiger partial charge < -0.3 is 5.11 Å². The van der Waals surface area contributed by atoms with Gasteiger partial charge in [-0.05, 0) is 30.6 Å². The van der Waals surface area contributed by atoms with Gasteiger partial charge >= 0.3 is 0 Å². The van der Waals surface area contributed by atoms with Crippen molar-refractivity contribution in [1.82, 2.24) is 0 Å². The van der Waals surface area contributed by atoms with Gasteiger partial charge in [0.15, 0.2) is 0 Å². The number of aliphatic hydroxyl groups is 1. The SMILES string of the molecule is CCCC(C)CCCC(CCC)CCCCCC(CCC)CCCO. The van der Waals surface area contributed by atoms with Crippen LogP contribution in [0.25, 0.3) is 0 Å². The second-order valence-electron chi connectivity index (χ2n) is 8.64. The van der Waals surface area contributed by atoms with Gasteiger partial charge in [0.05, 0.1) is 0 Å². The maximum Gasteiger partial charge on any atom is 0.0431 e. The van der Waals surface area contributed by atoms with Crippen molar-refractivity contribution in [2.24, 2.45) is 17.8 Å². The second kappa shape index (κ2) is 18.7. The zero-order chi connectivity index (χ0) is 18.8. The Morgan fingerprint density at radius 2 is 1.00 bits per heavy atom. The first-order valence-electron chi connectivity index (χ1n) is 11.8. The molecular formula is C24H50O. The molecular weight excluding hydrogens is 304 g/mol. The van der Waals surface area contributed by atoms with Crippen molar-refractivity contribution in [2.45, 2.75) is 130 Å². The minimum Gasteiger partial charge on any atom is -0.396 e. The largest absolute Gasteiger partial charge is 0.396 e. The summed E-state index contributed by atoms with van der Waals surface area (Å²) in [5, 5.41) is 9.04. The first-order valence-corrected chi connectivity index (χ1v) is 11.8. The zero-order valence-electron chi connectivity index (χ0n) is 18.2. The molecule has 0 aliphatic carbocycles. The third-order valence-electron chi connectivity index (χ3n) is 5.98. The Balaban J connectivity index is 3.83. The minimum atomic E-state index is 0.371. The summed E-state index contributed by atoms with van der Waals surface area (Å²) in [5.74, 6) is 2.78. The van der Waals surface area contributed by atoms with E-state index in [0.717, 1.165) is 24.2 Å². The van der Waals surface area contributed by atoms with E-state index < -0.39 is 0 Å². The molecule has 25 heavy (non-hydrogen) atoms. The molecule has 0 heterocycles. The summed E-state index contributed by atoms with van der Waals surface area (Å²) in [4.78, 5) is 0. The Hall–Kier alpha value is -0.0400. The molecule has 0 aliphatic rings. The lowest BCUT2D eigenvalue weighted by molar-refractivity contribution is 0.262. The summed E-state index contributed by atoms with van der Waals surface area (Å²) in [7, 11) is 0. The topological polar surface area (TPSA) is 20.2 Å². The van der Waals surface area contributed by atoms with E-state index in [1.165, 1.54) is 96.3 Å². The van der Waals surface area contributed by atoms with Crippen molar-refractivity contribution in [3.05, 3.63) is 0 Å². The van der Waals surface area contributed by atoms with Gasteiger partial charge in [0, 0.05) is 6.61 Å². The molecule has 0 aromatic rings. The van der Waals surface area contributed by atoms with Crippen LogP contribution in [0.4, 0.5) is 0 Å². The molecule has 0 saturated carbocycles. The Labute approximate surface area is 160 Å². The van der Waals surface area contributed by atoms with Crippen LogP contribution >= 0.6 is 0 Å². The predicted octanol–water partition coefficient (Wildman–Crippen LogP) is 8.15. The fraction of sp³-hybridized carbons (Fsp3) is 1.00. The van der Waals surface area contributed by atoms with Crippen molar-refractivity contribution in [3.8, 4) is 0 Å². The summed E-state index contributed by atoms with van der Waals surface area (Å²) in [6.07, 6.45) is 21.9. The highest BCUT2D eigenvalue weighted by Crippen LogP contribution is 2.25. The predicted molar refractivity (Wildman–Crippen MR) is 114 cm³/mol. The lowest BCUT2D eigenvalue weighted by Gasteiger charge is -2.18. The van der Waals surface area contributed by atoms with Crippen LogP contribution in [0.2, 0.25) is 0 Å². The average molecular weight is 355 g/mol. The number of rotatable bonds is 19. The highest BCUT2D eigenvalue weighted by Gasteiger charge is 2.10. The molecule has 3 atom stereocenters. The maximum absolute atomic E-state index is 9.04. The Kier molecular flexibility index (Phi) is 18.7. The minimum absolute atomic E-state index is 0.371. The highest BCUT2D eigenvalue weighted by molar-refractivity contribution is 4.64. The van der Waals surface area contributed by atoms with Gasteiger partial charge in [-0.25, -0.2) is 0 Å². The normalized spacial score (nSPS) is 15.2. The first kappa shape index (κ1) is 25.0. The molecule has 0 radical (unpaired) electrons. The summed E-state index contributed by atoms with van der Waals surface area (Å²) >= 11 is 0. The van der Waals surface area contributed by atoms with Gasteiger partial charge in [-0.15, -0.1) is 0 Å². The van der Waals surface area contributed by atoms with Crippen molar-refractivity contribution >= 4 is 0 Å². The fourth-order valence-corrected chi connectivity index (χ4v) is 4.50. The lowest BCUT2D eigenvalue weighted by Crippen LogP contribution is -2.04. The lowest BCUT2D eigenvalue weighted by atomic mass is 9.88. The number of hydrogen-bond acceptors (Lipinski definition) is 1. The van der Waals surface area contributed by atoms with E-state index in [2.05, 4.69) is 27.7 Å². The second-order valence-corrected chi connectivity index (χ2v) is 8.64. The van der Waals surface area contributed by atoms with E-state index in [9.17, 15) is 0 Å². The van der Waals surface area contributed by atoms with E-state index in [1.807, 2.05) is 0 Å². The Bertz CT molecular complexity index is 250. The smallest absolute Gasteiger partial charge is 0.0431 e. The molecule has 1 N–H and O–H groups in total. The third kappa shape index (κ3) is 15.9. The van der Waals surface area contributed by atoms with E-state index >= 15 is 0 Å². The van der Waals surface area contributed by atoms with E-state index in [4.69, 9.17) is 5.11 Å². The van der Waals surface area contributed by atoms with Gasteiger partial charge in [0.1, 0.15) is 0 Å². The fourth-order valence-electron chi connectivity index (χ4n) is 4.50. The molecule has 0 aromatic heterocycles. The molecule has 1 nitrogen and oxygen atoms in total. The van der Waals surface area contributed by atoms with Crippen LogP contribution in [0, 0.1) is 17.8 Å². The van der Waals surface area contributed by atoms with E-state index in [1.54, 1.807) is 0 Å². The van der Waals surface area contributed by atoms with Crippen LogP contribution in [0.15, 0.2) is 0 Å². The average Bonchev–Trinajstić information content (AvgIpc) is 2.59. The molecule has 152 valence electrons. The molecule has 0 spiro atoms. The molecule has 0 saturated heterocycles. The third-order valence-corrected chi connectivity index (χ3v) is 5.98. The molecule has 0 bridgehead atoms. The van der Waals surface area contributed by atoms with Gasteiger partial charge in [0.2, 0.25) is 0 Å². The van der Waals surface area contributed by atoms with Crippen LogP contribution in [0.5, 0.6) is 0 Å². The monoisotopic (exact) mass is 354 g/mol. The van der Waals surface area contributed by atoms with Crippen molar-refractivity contribution < 1.29 is 5.11 Å². The number of aliphatic hydroxyl groups excluding tert-OH is 1. The van der Waals surface area contributed by atoms with Crippen LogP contribution < -0.4 is 0 Å². The maximum atomic E-state index is 9.04. The van der Waals surface area contributed by atoms with Crippen LogP contribution in [-0.4, -0.2) is 11.7 Å². The van der Waals surface area contributed by atoms with Gasteiger partial charge in [-0.3, -0.25) is 0 Å². The van der Waals surface area contributed by atoms with Crippen molar-refractivity contribution in [3.63, 3.8) is 0 Å². The van der Waals surface area contributed by atoms with Crippen molar-refractivity contribution in [2.75, 3.05) is 6.61 Å². The molecule has 0 rings (SSSR count). The van der Waals surface area contributed by atoms with Crippen LogP contribution in [-0.2, 0) is 0 Å². The quantitative estimate of drug-likeness (QED) is 0.232. The number of unbranched alkanes of at least 4 members (excludes halogenated alkanes) is 2. The summed E-state index contributed by atoms with van der Waals surface area (Å²) in [5.41, 5.74) is 0. The first-order chi connectivity index (χ1) is 12.2. The molecule has 1 heteroatoms. The van der Waals surface area contributed by atoms with Crippen LogP contribution in [0.3, 0.4) is 0 Å². The number of hydrogen-bond donors (Lipinski definition) is 1. The van der Waals surface area contributed by atoms with Gasteiger partial charge in [-0.1, -0.05) is 118 Å². The van der Waals surface area contributed by atoms with E-state index in [-0.39, 0.29) is 0 Å². The standard InChI is InChI=1S/C24H50O/c1-5-13-22(4)16-11-19-23(14-6-2)17-9-8-10-18-24(15-7-3)20-12-21-25/h22-25H,5-21H2,1-4H3. The van der Waals surface area contributed by atoms with Crippen LogP contribution in [0.1, 0.15) is 130 Å². The summed E-state index contributed by atoms with van der Waals surface area (Å²) in [6.45, 7) is 9.76. The highest BCUT2D eigenvalue weighted by atomic mass is 16.2. The molecule has 0 aliphatic heterocycles. The Morgan fingerprint density at radius 1 is 0.520 bits per heavy atom. The van der Waals surface area contributed by atoms with Crippen molar-refractivity contribution in [1.29, 1.82) is 0 Å². The zero-order valence-corrected chi connectivity index (χ0v) is 18.2. The summed E-state index contributed by atoms with van der Waals surface area (Å²) < 4.78 is 0. The van der Waals surface area contributed by atoms with Gasteiger partial charge in [-0.2, -0.15) is 0 Å². The molecule has 3 unspecified atom stereocenters. The summed E-state index contributed by atoms with van der Waals surface area (Å²) in [6, 6.07) is 0. The molecule has 0 aromatic carbocycles.